The summed E-state index contributed by atoms with van der Waals surface area (Å²) in [6, 6.07) is 4.24. The topological polar surface area (TPSA) is 84.2 Å². The number of nitrogens with one attached hydrogen (secondary N) is 2. The highest BCUT2D eigenvalue weighted by molar-refractivity contribution is 9.10. The molecule has 0 radical (unpaired) electrons. The van der Waals surface area contributed by atoms with Gasteiger partial charge in [0.1, 0.15) is 6.54 Å². The highest BCUT2D eigenvalue weighted by Gasteiger charge is 2.29. The molecule has 0 heterocycles. The molecule has 0 saturated carbocycles. The molecular formula is C8H9BrF3N3O2S. The van der Waals surface area contributed by atoms with E-state index in [1.54, 1.807) is 0 Å². The van der Waals surface area contributed by atoms with Crippen molar-refractivity contribution in [3.05, 3.63) is 22.7 Å². The van der Waals surface area contributed by atoms with Gasteiger partial charge in [-0.3, -0.25) is 4.72 Å². The van der Waals surface area contributed by atoms with Crippen LogP contribution in [0.15, 0.2) is 22.7 Å². The van der Waals surface area contributed by atoms with Gasteiger partial charge in [-0.2, -0.15) is 26.3 Å². The monoisotopic (exact) mass is 347 g/mol. The molecular weight excluding hydrogens is 339 g/mol. The minimum atomic E-state index is -4.62. The molecule has 102 valence electrons. The molecule has 0 aromatic heterocycles. The summed E-state index contributed by atoms with van der Waals surface area (Å²) in [5.41, 5.74) is 5.58. The molecule has 0 aliphatic carbocycles. The largest absolute Gasteiger partial charge is 0.402 e. The molecule has 0 bridgehead atoms. The van der Waals surface area contributed by atoms with E-state index in [0.29, 0.717) is 4.47 Å². The van der Waals surface area contributed by atoms with Crippen LogP contribution in [0.5, 0.6) is 0 Å². The molecule has 1 aromatic carbocycles. The lowest BCUT2D eigenvalue weighted by atomic mass is 10.3. The van der Waals surface area contributed by atoms with E-state index in [-0.39, 0.29) is 11.4 Å². The van der Waals surface area contributed by atoms with E-state index in [2.05, 4.69) is 15.9 Å². The summed E-state index contributed by atoms with van der Waals surface area (Å²) in [6.07, 6.45) is -4.62. The lowest BCUT2D eigenvalue weighted by Gasteiger charge is -2.12. The summed E-state index contributed by atoms with van der Waals surface area (Å²) < 4.78 is 62.1. The van der Waals surface area contributed by atoms with E-state index in [0.717, 1.165) is 0 Å². The maximum Gasteiger partial charge on any atom is 0.402 e. The van der Waals surface area contributed by atoms with Crippen molar-refractivity contribution in [2.24, 2.45) is 0 Å². The summed E-state index contributed by atoms with van der Waals surface area (Å²) in [5, 5.41) is 0. The van der Waals surface area contributed by atoms with Crippen LogP contribution in [-0.4, -0.2) is 21.1 Å². The van der Waals surface area contributed by atoms with Gasteiger partial charge in [-0.25, -0.2) is 0 Å². The Balaban J connectivity index is 2.77. The highest BCUT2D eigenvalue weighted by Crippen LogP contribution is 2.23. The fourth-order valence-electron chi connectivity index (χ4n) is 0.984. The van der Waals surface area contributed by atoms with E-state index < -0.39 is 22.9 Å². The molecule has 0 spiro atoms. The molecule has 18 heavy (non-hydrogen) atoms. The second-order valence-corrected chi connectivity index (χ2v) is 5.69. The summed E-state index contributed by atoms with van der Waals surface area (Å²) in [7, 11) is -4.32. The number of halogens is 4. The van der Waals surface area contributed by atoms with Crippen LogP contribution in [0.4, 0.5) is 24.5 Å². The van der Waals surface area contributed by atoms with Gasteiger partial charge in [0.05, 0.1) is 11.4 Å². The summed E-state index contributed by atoms with van der Waals surface area (Å²) >= 11 is 3.11. The van der Waals surface area contributed by atoms with E-state index >= 15 is 0 Å². The molecule has 5 nitrogen and oxygen atoms in total. The van der Waals surface area contributed by atoms with E-state index in [9.17, 15) is 21.6 Å². The molecule has 0 unspecified atom stereocenters. The normalized spacial score (nSPS) is 12.4. The van der Waals surface area contributed by atoms with Gasteiger partial charge in [0.15, 0.2) is 0 Å². The second kappa shape index (κ2) is 5.33. The fourth-order valence-corrected chi connectivity index (χ4v) is 2.26. The molecule has 0 aliphatic rings. The van der Waals surface area contributed by atoms with Crippen molar-refractivity contribution >= 4 is 37.5 Å². The van der Waals surface area contributed by atoms with Crippen molar-refractivity contribution < 1.29 is 21.6 Å². The van der Waals surface area contributed by atoms with Gasteiger partial charge in [-0.15, -0.1) is 0 Å². The second-order valence-electron chi connectivity index (χ2n) is 3.27. The Kier molecular flexibility index (Phi) is 4.46. The average Bonchev–Trinajstić information content (AvgIpc) is 2.19. The Morgan fingerprint density at radius 2 is 1.94 bits per heavy atom. The number of hydrogen-bond donors (Lipinski definition) is 3. The third-order valence-corrected chi connectivity index (χ3v) is 3.23. The quantitative estimate of drug-likeness (QED) is 0.726. The van der Waals surface area contributed by atoms with Crippen molar-refractivity contribution in [3.8, 4) is 0 Å². The Morgan fingerprint density at radius 1 is 1.33 bits per heavy atom. The molecule has 0 saturated heterocycles. The van der Waals surface area contributed by atoms with E-state index in [1.165, 1.54) is 22.9 Å². The van der Waals surface area contributed by atoms with E-state index in [1.807, 2.05) is 4.72 Å². The number of nitrogen functional groups attached to an aromatic ring is 1. The summed E-state index contributed by atoms with van der Waals surface area (Å²) in [4.78, 5) is 0. The van der Waals surface area contributed by atoms with Crippen LogP contribution >= 0.6 is 15.9 Å². The Hall–Kier alpha value is -1.00. The third-order valence-electron chi connectivity index (χ3n) is 1.72. The standard InChI is InChI=1S/C8H9BrF3N3O2S/c9-5-1-2-7(6(13)3-5)15-18(16,17)14-4-8(10,11)12/h1-3,14-15H,4,13H2. The molecule has 0 amide bonds. The first-order chi connectivity index (χ1) is 8.09. The predicted molar refractivity (Wildman–Crippen MR) is 65.2 cm³/mol. The highest BCUT2D eigenvalue weighted by atomic mass is 79.9. The predicted octanol–water partition coefficient (Wildman–Crippen LogP) is 1.84. The van der Waals surface area contributed by atoms with Gasteiger partial charge in [-0.05, 0) is 18.2 Å². The number of nitrogens with two attached hydrogens (primary N) is 1. The number of rotatable bonds is 4. The van der Waals surface area contributed by atoms with Crippen molar-refractivity contribution in [1.29, 1.82) is 0 Å². The van der Waals surface area contributed by atoms with Gasteiger partial charge >= 0.3 is 6.18 Å². The van der Waals surface area contributed by atoms with Gasteiger partial charge in [0.2, 0.25) is 0 Å². The van der Waals surface area contributed by atoms with Crippen LogP contribution in [0, 0.1) is 0 Å². The molecule has 4 N–H and O–H groups in total. The number of benzene rings is 1. The van der Waals surface area contributed by atoms with Crippen molar-refractivity contribution in [2.75, 3.05) is 17.0 Å². The smallest absolute Gasteiger partial charge is 0.397 e. The lowest BCUT2D eigenvalue weighted by Crippen LogP contribution is -2.37. The van der Waals surface area contributed by atoms with Crippen LogP contribution in [0.3, 0.4) is 0 Å². The van der Waals surface area contributed by atoms with Crippen molar-refractivity contribution in [3.63, 3.8) is 0 Å². The van der Waals surface area contributed by atoms with Crippen LogP contribution in [0.2, 0.25) is 0 Å². The van der Waals surface area contributed by atoms with Crippen molar-refractivity contribution in [1.82, 2.24) is 4.72 Å². The minimum absolute atomic E-state index is 0.00660. The zero-order valence-corrected chi connectivity index (χ0v) is 11.2. The SMILES string of the molecule is Nc1cc(Br)ccc1NS(=O)(=O)NCC(F)(F)F. The van der Waals surface area contributed by atoms with Crippen molar-refractivity contribution in [2.45, 2.75) is 6.18 Å². The zero-order valence-electron chi connectivity index (χ0n) is 8.75. The Morgan fingerprint density at radius 3 is 2.44 bits per heavy atom. The van der Waals surface area contributed by atoms with Crippen LogP contribution in [-0.2, 0) is 10.2 Å². The molecule has 0 atom stereocenters. The van der Waals surface area contributed by atoms with Crippen LogP contribution < -0.4 is 15.2 Å². The molecule has 0 aliphatic heterocycles. The van der Waals surface area contributed by atoms with Gasteiger partial charge in [0, 0.05) is 4.47 Å². The van der Waals surface area contributed by atoms with Gasteiger partial charge < -0.3 is 5.73 Å². The first-order valence-corrected chi connectivity index (χ1v) is 6.76. The van der Waals surface area contributed by atoms with Crippen LogP contribution in [0.25, 0.3) is 0 Å². The minimum Gasteiger partial charge on any atom is -0.397 e. The summed E-state index contributed by atoms with van der Waals surface area (Å²) in [6.45, 7) is -1.65. The first kappa shape index (κ1) is 15.1. The molecule has 1 rings (SSSR count). The number of alkyl halides is 3. The fraction of sp³-hybridized carbons (Fsp3) is 0.250. The molecule has 0 fully saturated rings. The first-order valence-electron chi connectivity index (χ1n) is 4.48. The zero-order chi connectivity index (χ0) is 14.0. The summed E-state index contributed by atoms with van der Waals surface area (Å²) in [5.74, 6) is 0. The van der Waals surface area contributed by atoms with Gasteiger partial charge in [0.25, 0.3) is 10.2 Å². The Labute approximate surface area is 110 Å². The molecule has 10 heteroatoms. The average molecular weight is 348 g/mol. The van der Waals surface area contributed by atoms with E-state index in [4.69, 9.17) is 5.73 Å². The lowest BCUT2D eigenvalue weighted by molar-refractivity contribution is -0.121. The third kappa shape index (κ3) is 5.10. The van der Waals surface area contributed by atoms with Crippen LogP contribution in [0.1, 0.15) is 0 Å². The number of hydrogen-bond acceptors (Lipinski definition) is 3. The number of anilines is 2. The Bertz CT molecular complexity index is 533. The van der Waals surface area contributed by atoms with Gasteiger partial charge in [-0.1, -0.05) is 15.9 Å². The maximum absolute atomic E-state index is 11.9. The molecule has 1 aromatic rings. The maximum atomic E-state index is 11.9.